The number of carbonyl (C=O) groups excluding carboxylic acids is 1. The summed E-state index contributed by atoms with van der Waals surface area (Å²) >= 11 is 0. The molecule has 6 heteroatoms. The minimum Gasteiger partial charge on any atom is -0.335 e. The van der Waals surface area contributed by atoms with Crippen molar-refractivity contribution in [2.24, 2.45) is 11.8 Å². The zero-order valence-corrected chi connectivity index (χ0v) is 14.3. The van der Waals surface area contributed by atoms with E-state index < -0.39 is 0 Å². The van der Waals surface area contributed by atoms with Crippen molar-refractivity contribution in [1.82, 2.24) is 25.2 Å². The second-order valence-electron chi connectivity index (χ2n) is 6.90. The summed E-state index contributed by atoms with van der Waals surface area (Å²) in [6.07, 6.45) is 10.4. The highest BCUT2D eigenvalue weighted by Gasteiger charge is 2.24. The van der Waals surface area contributed by atoms with Crippen LogP contribution in [0.25, 0.3) is 5.82 Å². The number of amides is 2. The van der Waals surface area contributed by atoms with E-state index in [0.29, 0.717) is 18.4 Å². The van der Waals surface area contributed by atoms with E-state index in [2.05, 4.69) is 34.4 Å². The van der Waals surface area contributed by atoms with E-state index >= 15 is 0 Å². The van der Waals surface area contributed by atoms with Gasteiger partial charge in [-0.05, 0) is 37.2 Å². The highest BCUT2D eigenvalue weighted by Crippen LogP contribution is 2.28. The Kier molecular flexibility index (Phi) is 5.13. The average Bonchev–Trinajstić information content (AvgIpc) is 3.06. The smallest absolute Gasteiger partial charge is 0.315 e. The summed E-state index contributed by atoms with van der Waals surface area (Å²) in [7, 11) is 0. The van der Waals surface area contributed by atoms with Crippen LogP contribution >= 0.6 is 0 Å². The molecule has 2 amide bonds. The van der Waals surface area contributed by atoms with Gasteiger partial charge >= 0.3 is 6.03 Å². The molecule has 2 N–H and O–H groups in total. The fourth-order valence-corrected chi connectivity index (χ4v) is 3.66. The molecule has 1 fully saturated rings. The summed E-state index contributed by atoms with van der Waals surface area (Å²) in [5, 5.41) is 6.07. The van der Waals surface area contributed by atoms with Gasteiger partial charge in [-0.2, -0.15) is 0 Å². The summed E-state index contributed by atoms with van der Waals surface area (Å²) in [5.41, 5.74) is 0.955. The topological polar surface area (TPSA) is 71.8 Å². The molecule has 0 aromatic carbocycles. The molecular weight excluding hydrogens is 302 g/mol. The molecule has 6 nitrogen and oxygen atoms in total. The first-order valence-corrected chi connectivity index (χ1v) is 8.58. The average molecular weight is 327 g/mol. The fraction of sp³-hybridized carbons (Fsp3) is 0.500. The maximum Gasteiger partial charge on any atom is 0.315 e. The van der Waals surface area contributed by atoms with Gasteiger partial charge in [0, 0.05) is 36.7 Å². The number of hydrogen-bond acceptors (Lipinski definition) is 3. The first kappa shape index (κ1) is 16.5. The van der Waals surface area contributed by atoms with Gasteiger partial charge in [0.25, 0.3) is 0 Å². The van der Waals surface area contributed by atoms with E-state index in [-0.39, 0.29) is 12.1 Å². The van der Waals surface area contributed by atoms with Gasteiger partial charge < -0.3 is 10.6 Å². The van der Waals surface area contributed by atoms with Crippen molar-refractivity contribution in [3.63, 3.8) is 0 Å². The van der Waals surface area contributed by atoms with Gasteiger partial charge in [-0.25, -0.2) is 14.8 Å². The molecule has 0 saturated heterocycles. The SMILES string of the molecule is CC1CC(C)CC(NC(=O)NCc2cccnc2-n2ccnc2)C1. The zero-order chi connectivity index (χ0) is 16.9. The van der Waals surface area contributed by atoms with Crippen LogP contribution in [0.4, 0.5) is 4.79 Å². The fourth-order valence-electron chi connectivity index (χ4n) is 3.66. The Morgan fingerprint density at radius 2 is 2.04 bits per heavy atom. The Morgan fingerprint density at radius 3 is 2.75 bits per heavy atom. The summed E-state index contributed by atoms with van der Waals surface area (Å²) in [4.78, 5) is 20.7. The Labute approximate surface area is 142 Å². The Hall–Kier alpha value is -2.37. The third-order valence-electron chi connectivity index (χ3n) is 4.57. The molecule has 0 radical (unpaired) electrons. The van der Waals surface area contributed by atoms with Crippen LogP contribution in [0, 0.1) is 11.8 Å². The summed E-state index contributed by atoms with van der Waals surface area (Å²) in [6, 6.07) is 4.00. The summed E-state index contributed by atoms with van der Waals surface area (Å²) in [6.45, 7) is 4.95. The number of nitrogens with one attached hydrogen (secondary N) is 2. The van der Waals surface area contributed by atoms with Crippen molar-refractivity contribution in [3.8, 4) is 5.82 Å². The van der Waals surface area contributed by atoms with Crippen molar-refractivity contribution in [2.45, 2.75) is 45.7 Å². The summed E-state index contributed by atoms with van der Waals surface area (Å²) in [5.74, 6) is 2.13. The number of hydrogen-bond donors (Lipinski definition) is 2. The van der Waals surface area contributed by atoms with E-state index in [1.54, 1.807) is 18.7 Å². The van der Waals surface area contributed by atoms with Crippen LogP contribution in [0.5, 0.6) is 0 Å². The van der Waals surface area contributed by atoms with Crippen molar-refractivity contribution < 1.29 is 4.79 Å². The normalized spacial score (nSPS) is 23.7. The molecule has 1 aliphatic rings. The van der Waals surface area contributed by atoms with Gasteiger partial charge in [0.1, 0.15) is 12.1 Å². The van der Waals surface area contributed by atoms with Gasteiger partial charge in [0.05, 0.1) is 0 Å². The number of nitrogens with zero attached hydrogens (tertiary/aromatic N) is 3. The first-order valence-electron chi connectivity index (χ1n) is 8.58. The second-order valence-corrected chi connectivity index (χ2v) is 6.90. The third-order valence-corrected chi connectivity index (χ3v) is 4.57. The first-order chi connectivity index (χ1) is 11.6. The standard InChI is InChI=1S/C18H25N5O/c1-13-8-14(2)10-16(9-13)22-18(24)21-11-15-4-3-5-20-17(15)23-7-6-19-12-23/h3-7,12-14,16H,8-11H2,1-2H3,(H2,21,22,24). The molecule has 1 saturated carbocycles. The lowest BCUT2D eigenvalue weighted by molar-refractivity contribution is 0.213. The van der Waals surface area contributed by atoms with Crippen LogP contribution in [-0.2, 0) is 6.54 Å². The number of pyridine rings is 1. The third kappa shape index (κ3) is 4.13. The maximum absolute atomic E-state index is 12.2. The number of imidazole rings is 1. The molecule has 3 rings (SSSR count). The van der Waals surface area contributed by atoms with Gasteiger partial charge in [0.15, 0.2) is 0 Å². The quantitative estimate of drug-likeness (QED) is 0.907. The monoisotopic (exact) mass is 327 g/mol. The molecular formula is C18H25N5O. The van der Waals surface area contributed by atoms with Crippen LogP contribution in [0.1, 0.15) is 38.7 Å². The lowest BCUT2D eigenvalue weighted by atomic mass is 9.80. The van der Waals surface area contributed by atoms with Crippen molar-refractivity contribution in [1.29, 1.82) is 0 Å². The largest absolute Gasteiger partial charge is 0.335 e. The minimum absolute atomic E-state index is 0.110. The molecule has 128 valence electrons. The van der Waals surface area contributed by atoms with E-state index in [1.165, 1.54) is 6.42 Å². The molecule has 2 atom stereocenters. The van der Waals surface area contributed by atoms with Crippen LogP contribution in [0.2, 0.25) is 0 Å². The molecule has 2 heterocycles. The van der Waals surface area contributed by atoms with E-state index in [9.17, 15) is 4.79 Å². The Morgan fingerprint density at radius 1 is 1.25 bits per heavy atom. The van der Waals surface area contributed by atoms with Crippen LogP contribution in [-0.4, -0.2) is 26.6 Å². The number of carbonyl (C=O) groups is 1. The molecule has 0 bridgehead atoms. The number of urea groups is 1. The van der Waals surface area contributed by atoms with Crippen LogP contribution < -0.4 is 10.6 Å². The van der Waals surface area contributed by atoms with Crippen molar-refractivity contribution in [3.05, 3.63) is 42.6 Å². The lowest BCUT2D eigenvalue weighted by Gasteiger charge is -2.31. The molecule has 0 aliphatic heterocycles. The van der Waals surface area contributed by atoms with Gasteiger partial charge in [0.2, 0.25) is 0 Å². The molecule has 1 aliphatic carbocycles. The second kappa shape index (κ2) is 7.47. The summed E-state index contributed by atoms with van der Waals surface area (Å²) < 4.78 is 1.85. The zero-order valence-electron chi connectivity index (χ0n) is 14.3. The Balaban J connectivity index is 1.57. The van der Waals surface area contributed by atoms with Gasteiger partial charge in [-0.3, -0.25) is 4.57 Å². The van der Waals surface area contributed by atoms with Crippen LogP contribution in [0.3, 0.4) is 0 Å². The van der Waals surface area contributed by atoms with E-state index in [0.717, 1.165) is 24.2 Å². The molecule has 2 aromatic rings. The van der Waals surface area contributed by atoms with Crippen molar-refractivity contribution >= 4 is 6.03 Å². The molecule has 24 heavy (non-hydrogen) atoms. The predicted octanol–water partition coefficient (Wildman–Crippen LogP) is 2.89. The Bertz CT molecular complexity index is 660. The molecule has 2 unspecified atom stereocenters. The molecule has 0 spiro atoms. The highest BCUT2D eigenvalue weighted by molar-refractivity contribution is 5.74. The molecule has 2 aromatic heterocycles. The van der Waals surface area contributed by atoms with E-state index in [1.807, 2.05) is 22.9 Å². The maximum atomic E-state index is 12.2. The number of aromatic nitrogens is 3. The van der Waals surface area contributed by atoms with Crippen LogP contribution in [0.15, 0.2) is 37.1 Å². The highest BCUT2D eigenvalue weighted by atomic mass is 16.2. The predicted molar refractivity (Wildman–Crippen MR) is 92.7 cm³/mol. The van der Waals surface area contributed by atoms with E-state index in [4.69, 9.17) is 0 Å². The number of rotatable bonds is 4. The minimum atomic E-state index is -0.110. The van der Waals surface area contributed by atoms with Gasteiger partial charge in [-0.1, -0.05) is 19.9 Å². The van der Waals surface area contributed by atoms with Gasteiger partial charge in [-0.15, -0.1) is 0 Å². The lowest BCUT2D eigenvalue weighted by Crippen LogP contribution is -2.45. The van der Waals surface area contributed by atoms with Crippen molar-refractivity contribution in [2.75, 3.05) is 0 Å².